The van der Waals surface area contributed by atoms with Gasteiger partial charge in [-0.15, -0.1) is 0 Å². The first kappa shape index (κ1) is 11.1. The molecule has 1 aliphatic carbocycles. The lowest BCUT2D eigenvalue weighted by Crippen LogP contribution is -2.32. The Kier molecular flexibility index (Phi) is 3.51. The maximum absolute atomic E-state index is 11.7. The molecule has 1 aliphatic rings. The fourth-order valence-electron chi connectivity index (χ4n) is 1.52. The first-order valence-electron chi connectivity index (χ1n) is 5.69. The Morgan fingerprint density at radius 1 is 1.44 bits per heavy atom. The number of pyridine rings is 1. The molecule has 1 aromatic rings. The van der Waals surface area contributed by atoms with Crippen LogP contribution in [0.4, 0.5) is 0 Å². The van der Waals surface area contributed by atoms with Gasteiger partial charge in [-0.05, 0) is 31.4 Å². The number of carbonyl (C=O) groups excluding carboxylic acids is 1. The number of amides is 1. The lowest BCUT2D eigenvalue weighted by molar-refractivity contribution is 0.0953. The van der Waals surface area contributed by atoms with Crippen molar-refractivity contribution in [2.24, 2.45) is 0 Å². The van der Waals surface area contributed by atoms with E-state index in [1.807, 2.05) is 13.0 Å². The Morgan fingerprint density at radius 2 is 2.25 bits per heavy atom. The lowest BCUT2D eigenvalue weighted by Gasteiger charge is -2.06. The normalized spacial score (nSPS) is 14.8. The second-order valence-corrected chi connectivity index (χ2v) is 4.24. The number of rotatable bonds is 5. The highest BCUT2D eigenvalue weighted by molar-refractivity contribution is 5.93. The van der Waals surface area contributed by atoms with Crippen molar-refractivity contribution in [3.8, 4) is 0 Å². The number of nitrogens with zero attached hydrogens (tertiary/aromatic N) is 1. The Morgan fingerprint density at radius 3 is 2.94 bits per heavy atom. The SMILES string of the molecule is Cc1cncc(C(=O)NCCNC2CC2)c1. The van der Waals surface area contributed by atoms with Crippen molar-refractivity contribution < 1.29 is 4.79 Å². The third kappa shape index (κ3) is 3.31. The summed E-state index contributed by atoms with van der Waals surface area (Å²) < 4.78 is 0. The maximum atomic E-state index is 11.7. The average Bonchev–Trinajstić information content (AvgIpc) is 3.08. The third-order valence-corrected chi connectivity index (χ3v) is 2.56. The van der Waals surface area contributed by atoms with E-state index in [4.69, 9.17) is 0 Å². The van der Waals surface area contributed by atoms with Crippen molar-refractivity contribution in [3.63, 3.8) is 0 Å². The summed E-state index contributed by atoms with van der Waals surface area (Å²) in [6.45, 7) is 3.44. The Balaban J connectivity index is 1.73. The molecule has 0 unspecified atom stereocenters. The molecule has 0 aliphatic heterocycles. The molecule has 1 heterocycles. The minimum atomic E-state index is -0.0474. The molecule has 2 N–H and O–H groups in total. The molecular weight excluding hydrogens is 202 g/mol. The van der Waals surface area contributed by atoms with E-state index >= 15 is 0 Å². The van der Waals surface area contributed by atoms with Crippen molar-refractivity contribution in [2.45, 2.75) is 25.8 Å². The van der Waals surface area contributed by atoms with E-state index in [2.05, 4.69) is 15.6 Å². The van der Waals surface area contributed by atoms with Crippen LogP contribution in [0, 0.1) is 6.92 Å². The highest BCUT2D eigenvalue weighted by atomic mass is 16.1. The number of hydrogen-bond donors (Lipinski definition) is 2. The van der Waals surface area contributed by atoms with Crippen LogP contribution in [0.5, 0.6) is 0 Å². The van der Waals surface area contributed by atoms with Crippen molar-refractivity contribution in [3.05, 3.63) is 29.6 Å². The molecular formula is C12H17N3O. The standard InChI is InChI=1S/C12H17N3O/c1-9-6-10(8-13-7-9)12(16)15-5-4-14-11-2-3-11/h6-8,11,14H,2-5H2,1H3,(H,15,16). The second-order valence-electron chi connectivity index (χ2n) is 4.24. The summed E-state index contributed by atoms with van der Waals surface area (Å²) in [5.41, 5.74) is 1.63. The Labute approximate surface area is 95.5 Å². The van der Waals surface area contributed by atoms with Crippen LogP contribution in [0.2, 0.25) is 0 Å². The second kappa shape index (κ2) is 5.07. The summed E-state index contributed by atoms with van der Waals surface area (Å²) >= 11 is 0. The molecule has 0 aromatic carbocycles. The maximum Gasteiger partial charge on any atom is 0.252 e. The van der Waals surface area contributed by atoms with Gasteiger partial charge in [-0.2, -0.15) is 0 Å². The van der Waals surface area contributed by atoms with Gasteiger partial charge in [0.25, 0.3) is 5.91 Å². The predicted octanol–water partition coefficient (Wildman–Crippen LogP) is 0.872. The number of nitrogens with one attached hydrogen (secondary N) is 2. The third-order valence-electron chi connectivity index (χ3n) is 2.56. The van der Waals surface area contributed by atoms with E-state index in [1.54, 1.807) is 12.4 Å². The first-order chi connectivity index (χ1) is 7.75. The highest BCUT2D eigenvalue weighted by Crippen LogP contribution is 2.17. The molecule has 16 heavy (non-hydrogen) atoms. The molecule has 1 aromatic heterocycles. The van der Waals surface area contributed by atoms with Crippen LogP contribution < -0.4 is 10.6 Å². The molecule has 0 radical (unpaired) electrons. The van der Waals surface area contributed by atoms with Crippen LogP contribution in [-0.2, 0) is 0 Å². The molecule has 1 fully saturated rings. The van der Waals surface area contributed by atoms with E-state index in [1.165, 1.54) is 12.8 Å². The molecule has 0 saturated heterocycles. The summed E-state index contributed by atoms with van der Waals surface area (Å²) in [6, 6.07) is 2.54. The fourth-order valence-corrected chi connectivity index (χ4v) is 1.52. The van der Waals surface area contributed by atoms with E-state index in [0.29, 0.717) is 18.2 Å². The van der Waals surface area contributed by atoms with Crippen molar-refractivity contribution in [2.75, 3.05) is 13.1 Å². The number of carbonyl (C=O) groups is 1. The molecule has 0 bridgehead atoms. The lowest BCUT2D eigenvalue weighted by atomic mass is 10.2. The molecule has 1 amide bonds. The van der Waals surface area contributed by atoms with E-state index in [9.17, 15) is 4.79 Å². The molecule has 1 saturated carbocycles. The summed E-state index contributed by atoms with van der Waals surface area (Å²) in [5.74, 6) is -0.0474. The van der Waals surface area contributed by atoms with Gasteiger partial charge in [-0.1, -0.05) is 0 Å². The molecule has 0 spiro atoms. The van der Waals surface area contributed by atoms with Crippen molar-refractivity contribution in [1.82, 2.24) is 15.6 Å². The van der Waals surface area contributed by atoms with E-state index in [0.717, 1.165) is 12.1 Å². The fraction of sp³-hybridized carbons (Fsp3) is 0.500. The van der Waals surface area contributed by atoms with Crippen molar-refractivity contribution >= 4 is 5.91 Å². The number of aromatic nitrogens is 1. The van der Waals surface area contributed by atoms with Gasteiger partial charge in [-0.3, -0.25) is 9.78 Å². The largest absolute Gasteiger partial charge is 0.351 e. The monoisotopic (exact) mass is 219 g/mol. The van der Waals surface area contributed by atoms with Crippen LogP contribution >= 0.6 is 0 Å². The number of hydrogen-bond acceptors (Lipinski definition) is 3. The van der Waals surface area contributed by atoms with Crippen molar-refractivity contribution in [1.29, 1.82) is 0 Å². The zero-order valence-corrected chi connectivity index (χ0v) is 9.49. The summed E-state index contributed by atoms with van der Waals surface area (Å²) in [6.07, 6.45) is 5.88. The minimum absolute atomic E-state index is 0.0474. The topological polar surface area (TPSA) is 54.0 Å². The molecule has 4 nitrogen and oxygen atoms in total. The zero-order chi connectivity index (χ0) is 11.4. The van der Waals surface area contributed by atoms with Crippen LogP contribution in [0.3, 0.4) is 0 Å². The zero-order valence-electron chi connectivity index (χ0n) is 9.49. The molecule has 4 heteroatoms. The highest BCUT2D eigenvalue weighted by Gasteiger charge is 2.19. The van der Waals surface area contributed by atoms with Gasteiger partial charge in [0.1, 0.15) is 0 Å². The van der Waals surface area contributed by atoms with Gasteiger partial charge in [0.15, 0.2) is 0 Å². The van der Waals surface area contributed by atoms with Gasteiger partial charge in [-0.25, -0.2) is 0 Å². The summed E-state index contributed by atoms with van der Waals surface area (Å²) in [7, 11) is 0. The smallest absolute Gasteiger partial charge is 0.252 e. The summed E-state index contributed by atoms with van der Waals surface area (Å²) in [5, 5.41) is 6.21. The molecule has 86 valence electrons. The van der Waals surface area contributed by atoms with Crippen LogP contribution in [0.1, 0.15) is 28.8 Å². The van der Waals surface area contributed by atoms with Crippen LogP contribution in [0.25, 0.3) is 0 Å². The van der Waals surface area contributed by atoms with Gasteiger partial charge in [0, 0.05) is 31.5 Å². The quantitative estimate of drug-likeness (QED) is 0.723. The van der Waals surface area contributed by atoms with Gasteiger partial charge >= 0.3 is 0 Å². The minimum Gasteiger partial charge on any atom is -0.351 e. The number of aryl methyl sites for hydroxylation is 1. The molecule has 0 atom stereocenters. The Hall–Kier alpha value is -1.42. The van der Waals surface area contributed by atoms with Crippen LogP contribution in [-0.4, -0.2) is 30.0 Å². The Bertz CT molecular complexity index is 374. The molecule has 2 rings (SSSR count). The predicted molar refractivity (Wildman–Crippen MR) is 62.3 cm³/mol. The van der Waals surface area contributed by atoms with Gasteiger partial charge in [0.05, 0.1) is 5.56 Å². The first-order valence-corrected chi connectivity index (χ1v) is 5.69. The van der Waals surface area contributed by atoms with Gasteiger partial charge in [0.2, 0.25) is 0 Å². The average molecular weight is 219 g/mol. The summed E-state index contributed by atoms with van der Waals surface area (Å²) in [4.78, 5) is 15.7. The van der Waals surface area contributed by atoms with Crippen LogP contribution in [0.15, 0.2) is 18.5 Å². The van der Waals surface area contributed by atoms with E-state index in [-0.39, 0.29) is 5.91 Å². The van der Waals surface area contributed by atoms with Gasteiger partial charge < -0.3 is 10.6 Å². The van der Waals surface area contributed by atoms with E-state index < -0.39 is 0 Å².